The number of carbonyl (C=O) groups is 1. The van der Waals surface area contributed by atoms with E-state index >= 15 is 0 Å². The van der Waals surface area contributed by atoms with E-state index in [9.17, 15) is 9.90 Å². The zero-order valence-corrected chi connectivity index (χ0v) is 10.5. The summed E-state index contributed by atoms with van der Waals surface area (Å²) in [6.07, 6.45) is 2.24. The molecular weight excluding hydrogens is 206 g/mol. The van der Waals surface area contributed by atoms with Crippen LogP contribution in [-0.2, 0) is 9.53 Å². The second kappa shape index (κ2) is 5.64. The van der Waals surface area contributed by atoms with Gasteiger partial charge in [-0.2, -0.15) is 0 Å². The first-order valence-corrected chi connectivity index (χ1v) is 6.02. The topological polar surface area (TPSA) is 49.8 Å². The fourth-order valence-corrected chi connectivity index (χ4v) is 2.46. The van der Waals surface area contributed by atoms with E-state index in [1.165, 1.54) is 0 Å². The normalized spacial score (nSPS) is 22.9. The Bertz CT molecular complexity index is 234. The molecular formula is C12H23NO3. The molecule has 0 aliphatic carbocycles. The Morgan fingerprint density at radius 1 is 1.50 bits per heavy atom. The number of hydrogen-bond donors (Lipinski definition) is 1. The Hall–Kier alpha value is -0.610. The Morgan fingerprint density at radius 3 is 2.44 bits per heavy atom. The minimum atomic E-state index is -0.631. The molecule has 1 atom stereocenters. The van der Waals surface area contributed by atoms with Crippen molar-refractivity contribution in [1.82, 2.24) is 4.90 Å². The number of carboxylic acid groups (broad SMARTS) is 1. The summed E-state index contributed by atoms with van der Waals surface area (Å²) in [4.78, 5) is 13.6. The van der Waals surface area contributed by atoms with Crippen LogP contribution in [0.3, 0.4) is 0 Å². The largest absolute Gasteiger partial charge is 0.481 e. The van der Waals surface area contributed by atoms with Crippen molar-refractivity contribution in [2.45, 2.75) is 39.2 Å². The van der Waals surface area contributed by atoms with Gasteiger partial charge in [0, 0.05) is 13.2 Å². The highest BCUT2D eigenvalue weighted by molar-refractivity contribution is 5.74. The van der Waals surface area contributed by atoms with Gasteiger partial charge < -0.3 is 9.84 Å². The highest BCUT2D eigenvalue weighted by atomic mass is 16.5. The van der Waals surface area contributed by atoms with Gasteiger partial charge in [-0.05, 0) is 39.3 Å². The molecule has 94 valence electrons. The molecule has 0 amide bonds. The SMILES string of the molecule is CCC1(C(=O)O)CCN(C(C)COC)CC1. The molecule has 4 nitrogen and oxygen atoms in total. The van der Waals surface area contributed by atoms with Crippen LogP contribution in [0.5, 0.6) is 0 Å². The van der Waals surface area contributed by atoms with E-state index in [1.807, 2.05) is 6.92 Å². The van der Waals surface area contributed by atoms with Crippen LogP contribution in [0.15, 0.2) is 0 Å². The van der Waals surface area contributed by atoms with E-state index in [0.29, 0.717) is 12.6 Å². The first-order chi connectivity index (χ1) is 7.55. The van der Waals surface area contributed by atoms with Crippen LogP contribution in [0.2, 0.25) is 0 Å². The van der Waals surface area contributed by atoms with Crippen LogP contribution in [0.1, 0.15) is 33.1 Å². The lowest BCUT2D eigenvalue weighted by Crippen LogP contribution is -2.48. The van der Waals surface area contributed by atoms with E-state index in [2.05, 4.69) is 11.8 Å². The number of methoxy groups -OCH3 is 1. The maximum Gasteiger partial charge on any atom is 0.309 e. The number of ether oxygens (including phenoxy) is 1. The molecule has 0 bridgehead atoms. The Balaban J connectivity index is 2.52. The van der Waals surface area contributed by atoms with Crippen LogP contribution in [-0.4, -0.2) is 48.8 Å². The van der Waals surface area contributed by atoms with E-state index < -0.39 is 11.4 Å². The van der Waals surface area contributed by atoms with Gasteiger partial charge in [0.25, 0.3) is 0 Å². The molecule has 0 radical (unpaired) electrons. The van der Waals surface area contributed by atoms with Crippen molar-refractivity contribution >= 4 is 5.97 Å². The van der Waals surface area contributed by atoms with Gasteiger partial charge in [-0.1, -0.05) is 6.92 Å². The van der Waals surface area contributed by atoms with Crippen molar-refractivity contribution in [1.29, 1.82) is 0 Å². The van der Waals surface area contributed by atoms with E-state index in [0.717, 1.165) is 32.4 Å². The fourth-order valence-electron chi connectivity index (χ4n) is 2.46. The molecule has 0 saturated carbocycles. The summed E-state index contributed by atoms with van der Waals surface area (Å²) in [5.74, 6) is -0.631. The summed E-state index contributed by atoms with van der Waals surface area (Å²) in [5, 5.41) is 9.27. The van der Waals surface area contributed by atoms with Crippen LogP contribution in [0, 0.1) is 5.41 Å². The number of likely N-dealkylation sites (tertiary alicyclic amines) is 1. The van der Waals surface area contributed by atoms with Crippen molar-refractivity contribution in [3.63, 3.8) is 0 Å². The molecule has 0 aromatic heterocycles. The van der Waals surface area contributed by atoms with Crippen LogP contribution in [0.4, 0.5) is 0 Å². The lowest BCUT2D eigenvalue weighted by molar-refractivity contribution is -0.152. The van der Waals surface area contributed by atoms with Crippen LogP contribution < -0.4 is 0 Å². The van der Waals surface area contributed by atoms with E-state index in [1.54, 1.807) is 7.11 Å². The zero-order valence-electron chi connectivity index (χ0n) is 10.5. The highest BCUT2D eigenvalue weighted by Gasteiger charge is 2.40. The summed E-state index contributed by atoms with van der Waals surface area (Å²) < 4.78 is 5.12. The second-order valence-electron chi connectivity index (χ2n) is 4.78. The quantitative estimate of drug-likeness (QED) is 0.778. The van der Waals surface area contributed by atoms with Crippen molar-refractivity contribution in [2.24, 2.45) is 5.41 Å². The summed E-state index contributed by atoms with van der Waals surface area (Å²) in [6, 6.07) is 0.383. The molecule has 1 saturated heterocycles. The van der Waals surface area contributed by atoms with Crippen molar-refractivity contribution in [2.75, 3.05) is 26.8 Å². The molecule has 1 aliphatic rings. The van der Waals surface area contributed by atoms with Crippen molar-refractivity contribution in [3.8, 4) is 0 Å². The van der Waals surface area contributed by atoms with Gasteiger partial charge >= 0.3 is 5.97 Å². The second-order valence-corrected chi connectivity index (χ2v) is 4.78. The lowest BCUT2D eigenvalue weighted by atomic mass is 9.76. The van der Waals surface area contributed by atoms with Gasteiger partial charge in [0.15, 0.2) is 0 Å². The summed E-state index contributed by atoms with van der Waals surface area (Å²) in [7, 11) is 1.70. The summed E-state index contributed by atoms with van der Waals surface area (Å²) in [5.41, 5.74) is -0.483. The van der Waals surface area contributed by atoms with E-state index in [4.69, 9.17) is 4.74 Å². The molecule has 1 rings (SSSR count). The predicted molar refractivity (Wildman–Crippen MR) is 62.5 cm³/mol. The van der Waals surface area contributed by atoms with Gasteiger partial charge in [-0.3, -0.25) is 9.69 Å². The third kappa shape index (κ3) is 2.74. The Morgan fingerprint density at radius 2 is 2.06 bits per heavy atom. The van der Waals surface area contributed by atoms with Crippen LogP contribution >= 0.6 is 0 Å². The number of hydrogen-bond acceptors (Lipinski definition) is 3. The van der Waals surface area contributed by atoms with Gasteiger partial charge in [0.05, 0.1) is 12.0 Å². The third-order valence-electron chi connectivity index (χ3n) is 3.92. The van der Waals surface area contributed by atoms with E-state index in [-0.39, 0.29) is 0 Å². The molecule has 1 unspecified atom stereocenters. The Kier molecular flexibility index (Phi) is 4.74. The third-order valence-corrected chi connectivity index (χ3v) is 3.92. The smallest absolute Gasteiger partial charge is 0.309 e. The molecule has 1 heterocycles. The van der Waals surface area contributed by atoms with Gasteiger partial charge in [-0.25, -0.2) is 0 Å². The number of nitrogens with zero attached hydrogens (tertiary/aromatic N) is 1. The number of carboxylic acids is 1. The highest BCUT2D eigenvalue weighted by Crippen LogP contribution is 2.35. The molecule has 1 aliphatic heterocycles. The molecule has 4 heteroatoms. The molecule has 0 aromatic carbocycles. The average Bonchev–Trinajstić information content (AvgIpc) is 2.29. The summed E-state index contributed by atoms with van der Waals surface area (Å²) in [6.45, 7) is 6.55. The molecule has 1 N–H and O–H groups in total. The van der Waals surface area contributed by atoms with Crippen molar-refractivity contribution in [3.05, 3.63) is 0 Å². The molecule has 0 spiro atoms. The predicted octanol–water partition coefficient (Wildman–Crippen LogP) is 1.60. The molecule has 1 fully saturated rings. The standard InChI is InChI=1S/C12H23NO3/c1-4-12(11(14)15)5-7-13(8-6-12)10(2)9-16-3/h10H,4-9H2,1-3H3,(H,14,15). The van der Waals surface area contributed by atoms with Gasteiger partial charge in [0.2, 0.25) is 0 Å². The first-order valence-electron chi connectivity index (χ1n) is 6.02. The van der Waals surface area contributed by atoms with Gasteiger partial charge in [0.1, 0.15) is 0 Å². The van der Waals surface area contributed by atoms with Crippen molar-refractivity contribution < 1.29 is 14.6 Å². The Labute approximate surface area is 97.6 Å². The number of rotatable bonds is 5. The number of aliphatic carboxylic acids is 1. The summed E-state index contributed by atoms with van der Waals surface area (Å²) >= 11 is 0. The minimum absolute atomic E-state index is 0.383. The fraction of sp³-hybridized carbons (Fsp3) is 0.917. The maximum absolute atomic E-state index is 11.3. The molecule has 16 heavy (non-hydrogen) atoms. The monoisotopic (exact) mass is 229 g/mol. The zero-order chi connectivity index (χ0) is 12.2. The number of piperidine rings is 1. The first kappa shape index (κ1) is 13.5. The van der Waals surface area contributed by atoms with Crippen LogP contribution in [0.25, 0.3) is 0 Å². The maximum atomic E-state index is 11.3. The van der Waals surface area contributed by atoms with Gasteiger partial charge in [-0.15, -0.1) is 0 Å². The lowest BCUT2D eigenvalue weighted by Gasteiger charge is -2.40. The average molecular weight is 229 g/mol. The minimum Gasteiger partial charge on any atom is -0.481 e. The molecule has 0 aromatic rings.